The van der Waals surface area contributed by atoms with Crippen LogP contribution in [0.15, 0.2) is 18.2 Å². The normalized spacial score (nSPS) is 21.2. The van der Waals surface area contributed by atoms with Gasteiger partial charge in [0.25, 0.3) is 0 Å². The monoisotopic (exact) mass is 360 g/mol. The first kappa shape index (κ1) is 19.0. The van der Waals surface area contributed by atoms with Crippen molar-refractivity contribution in [3.05, 3.63) is 18.2 Å². The fourth-order valence-electron chi connectivity index (χ4n) is 2.98. The minimum Gasteiger partial charge on any atom is -0.443 e. The summed E-state index contributed by atoms with van der Waals surface area (Å²) in [7, 11) is -0.465. The van der Waals surface area contributed by atoms with E-state index >= 15 is 0 Å². The topological polar surface area (TPSA) is 60.0 Å². The second-order valence-electron chi connectivity index (χ2n) is 8.92. The average molecular weight is 360 g/mol. The van der Waals surface area contributed by atoms with Crippen molar-refractivity contribution in [2.45, 2.75) is 65.3 Å². The van der Waals surface area contributed by atoms with Crippen LogP contribution < -0.4 is 15.7 Å². The number of hydrogen-bond donors (Lipinski definition) is 1. The molecule has 1 amide bonds. The van der Waals surface area contributed by atoms with Gasteiger partial charge in [-0.2, -0.15) is 0 Å². The molecule has 0 aliphatic carbocycles. The van der Waals surface area contributed by atoms with Gasteiger partial charge in [0.05, 0.1) is 22.6 Å². The first-order valence-corrected chi connectivity index (χ1v) is 9.14. The summed E-state index contributed by atoms with van der Waals surface area (Å²) in [6, 6.07) is 5.90. The molecular weight excluding hydrogens is 331 g/mol. The summed E-state index contributed by atoms with van der Waals surface area (Å²) < 4.78 is 17.8. The van der Waals surface area contributed by atoms with Gasteiger partial charge in [0, 0.05) is 13.1 Å². The maximum absolute atomic E-state index is 12.6. The van der Waals surface area contributed by atoms with Crippen LogP contribution in [0.25, 0.3) is 0 Å². The zero-order valence-corrected chi connectivity index (χ0v) is 16.8. The Morgan fingerprint density at radius 2 is 1.81 bits per heavy atom. The van der Waals surface area contributed by atoms with Gasteiger partial charge in [0.1, 0.15) is 5.60 Å². The minimum atomic E-state index is -0.536. The van der Waals surface area contributed by atoms with Crippen molar-refractivity contribution >= 4 is 30.0 Å². The van der Waals surface area contributed by atoms with Crippen LogP contribution in [-0.4, -0.2) is 43.1 Å². The van der Waals surface area contributed by atoms with Crippen LogP contribution in [0.4, 0.5) is 16.2 Å². The molecule has 1 saturated heterocycles. The van der Waals surface area contributed by atoms with E-state index in [2.05, 4.69) is 5.32 Å². The number of nitrogens with zero attached hydrogens (tertiary/aromatic N) is 1. The molecule has 0 spiro atoms. The summed E-state index contributed by atoms with van der Waals surface area (Å²) in [4.78, 5) is 14.3. The molecule has 0 atom stereocenters. The summed E-state index contributed by atoms with van der Waals surface area (Å²) in [5, 5.41) is 3.33. The number of hydrogen-bond acceptors (Lipinski definition) is 5. The highest BCUT2D eigenvalue weighted by Gasteiger charge is 2.51. The zero-order valence-electron chi connectivity index (χ0n) is 16.8. The predicted molar refractivity (Wildman–Crippen MR) is 104 cm³/mol. The summed E-state index contributed by atoms with van der Waals surface area (Å²) >= 11 is 0. The van der Waals surface area contributed by atoms with Crippen molar-refractivity contribution in [3.8, 4) is 0 Å². The van der Waals surface area contributed by atoms with Crippen LogP contribution in [0.1, 0.15) is 48.5 Å². The molecule has 1 aromatic carbocycles. The average Bonchev–Trinajstić information content (AvgIpc) is 2.72. The second-order valence-corrected chi connectivity index (χ2v) is 8.92. The molecule has 142 valence electrons. The molecule has 26 heavy (non-hydrogen) atoms. The van der Waals surface area contributed by atoms with E-state index in [1.54, 1.807) is 4.90 Å². The second kappa shape index (κ2) is 6.17. The van der Waals surface area contributed by atoms with E-state index in [0.29, 0.717) is 13.1 Å². The molecule has 1 fully saturated rings. The van der Waals surface area contributed by atoms with E-state index in [0.717, 1.165) is 16.8 Å². The number of ether oxygens (including phenoxy) is 1. The van der Waals surface area contributed by atoms with Crippen LogP contribution in [-0.2, 0) is 14.0 Å². The number of nitrogens with one attached hydrogen (secondary N) is 1. The van der Waals surface area contributed by atoms with Crippen LogP contribution >= 0.6 is 0 Å². The van der Waals surface area contributed by atoms with E-state index < -0.39 is 23.9 Å². The van der Waals surface area contributed by atoms with Gasteiger partial charge in [-0.25, -0.2) is 4.79 Å². The van der Waals surface area contributed by atoms with Gasteiger partial charge >= 0.3 is 13.2 Å². The van der Waals surface area contributed by atoms with Gasteiger partial charge in [-0.1, -0.05) is 6.07 Å². The number of fused-ring (bicyclic) bond motifs is 1. The van der Waals surface area contributed by atoms with Crippen molar-refractivity contribution in [3.63, 3.8) is 0 Å². The van der Waals surface area contributed by atoms with Crippen molar-refractivity contribution in [1.82, 2.24) is 0 Å². The van der Waals surface area contributed by atoms with E-state index in [-0.39, 0.29) is 6.09 Å². The Labute approximate surface area is 156 Å². The molecule has 0 radical (unpaired) electrons. The van der Waals surface area contributed by atoms with Gasteiger partial charge in [-0.05, 0) is 66.1 Å². The largest absolute Gasteiger partial charge is 0.494 e. The molecule has 1 N–H and O–H groups in total. The van der Waals surface area contributed by atoms with Gasteiger partial charge < -0.3 is 19.4 Å². The van der Waals surface area contributed by atoms with E-state index in [4.69, 9.17) is 14.0 Å². The number of benzene rings is 1. The fraction of sp³-hybridized carbons (Fsp3) is 0.632. The molecule has 0 bridgehead atoms. The highest BCUT2D eigenvalue weighted by molar-refractivity contribution is 6.62. The molecular formula is C19H29BN2O4. The van der Waals surface area contributed by atoms with Crippen molar-refractivity contribution in [1.29, 1.82) is 0 Å². The lowest BCUT2D eigenvalue weighted by atomic mass is 9.78. The third-order valence-electron chi connectivity index (χ3n) is 5.10. The van der Waals surface area contributed by atoms with Gasteiger partial charge in [-0.15, -0.1) is 0 Å². The molecule has 2 aliphatic heterocycles. The van der Waals surface area contributed by atoms with E-state index in [1.165, 1.54) is 0 Å². The van der Waals surface area contributed by atoms with Crippen LogP contribution in [0, 0.1) is 0 Å². The molecule has 7 heteroatoms. The third-order valence-corrected chi connectivity index (χ3v) is 5.10. The molecule has 2 aliphatic rings. The molecule has 0 unspecified atom stereocenters. The predicted octanol–water partition coefficient (Wildman–Crippen LogP) is 3.15. The SMILES string of the molecule is CC(C)(C)OC(=O)N1CCNc2ccc(B3OC(C)(C)C(C)(C)O3)cc21. The van der Waals surface area contributed by atoms with Crippen molar-refractivity contribution in [2.24, 2.45) is 0 Å². The first-order chi connectivity index (χ1) is 11.9. The highest BCUT2D eigenvalue weighted by Crippen LogP contribution is 2.37. The maximum atomic E-state index is 12.6. The Morgan fingerprint density at radius 1 is 1.19 bits per heavy atom. The number of anilines is 2. The van der Waals surface area contributed by atoms with Crippen LogP contribution in [0.2, 0.25) is 0 Å². The Morgan fingerprint density at radius 3 is 2.38 bits per heavy atom. The quantitative estimate of drug-likeness (QED) is 0.780. The highest BCUT2D eigenvalue weighted by atomic mass is 16.7. The van der Waals surface area contributed by atoms with Crippen LogP contribution in [0.3, 0.4) is 0 Å². The van der Waals surface area contributed by atoms with E-state index in [9.17, 15) is 4.79 Å². The Kier molecular flexibility index (Phi) is 4.52. The van der Waals surface area contributed by atoms with Crippen molar-refractivity contribution in [2.75, 3.05) is 23.3 Å². The molecule has 6 nitrogen and oxygen atoms in total. The maximum Gasteiger partial charge on any atom is 0.494 e. The van der Waals surface area contributed by atoms with Crippen LogP contribution in [0.5, 0.6) is 0 Å². The first-order valence-electron chi connectivity index (χ1n) is 9.14. The lowest BCUT2D eigenvalue weighted by Crippen LogP contribution is -2.43. The van der Waals surface area contributed by atoms with Gasteiger partial charge in [-0.3, -0.25) is 4.90 Å². The molecule has 1 aromatic rings. The third kappa shape index (κ3) is 3.55. The Balaban J connectivity index is 1.89. The number of amides is 1. The van der Waals surface area contributed by atoms with Gasteiger partial charge in [0.15, 0.2) is 0 Å². The summed E-state index contributed by atoms with van der Waals surface area (Å²) in [5.41, 5.74) is 1.23. The number of carbonyl (C=O) groups excluding carboxylic acids is 1. The fourth-order valence-corrected chi connectivity index (χ4v) is 2.98. The summed E-state index contributed by atoms with van der Waals surface area (Å²) in [5.74, 6) is 0. The number of carbonyl (C=O) groups is 1. The van der Waals surface area contributed by atoms with E-state index in [1.807, 2.05) is 66.7 Å². The summed E-state index contributed by atoms with van der Waals surface area (Å²) in [6.07, 6.45) is -0.341. The smallest absolute Gasteiger partial charge is 0.443 e. The lowest BCUT2D eigenvalue weighted by molar-refractivity contribution is 0.00578. The summed E-state index contributed by atoms with van der Waals surface area (Å²) in [6.45, 7) is 15.0. The molecule has 3 rings (SSSR count). The molecule has 2 heterocycles. The molecule has 0 saturated carbocycles. The number of rotatable bonds is 1. The minimum absolute atomic E-state index is 0.341. The standard InChI is InChI=1S/C19H29BN2O4/c1-17(2,3)24-16(23)22-11-10-21-14-9-8-13(12-15(14)22)20-25-18(4,5)19(6,7)26-20/h8-9,12,21H,10-11H2,1-7H3. The van der Waals surface area contributed by atoms with Crippen molar-refractivity contribution < 1.29 is 18.8 Å². The lowest BCUT2D eigenvalue weighted by Gasteiger charge is -2.32. The van der Waals surface area contributed by atoms with Gasteiger partial charge in [0.2, 0.25) is 0 Å². The zero-order chi connectivity index (χ0) is 19.3. The Hall–Kier alpha value is -1.73. The Bertz CT molecular complexity index is 696. The molecule has 0 aromatic heterocycles.